The Morgan fingerprint density at radius 3 is 2.50 bits per heavy atom. The lowest BCUT2D eigenvalue weighted by Crippen LogP contribution is -1.95. The minimum atomic E-state index is 0.190. The highest BCUT2D eigenvalue weighted by molar-refractivity contribution is 6.55. The number of ether oxygens (including phenoxy) is 3. The molecule has 0 aliphatic rings. The van der Waals surface area contributed by atoms with Crippen molar-refractivity contribution in [2.45, 2.75) is 6.92 Å². The Balaban J connectivity index is 2.07. The number of halogens is 2. The van der Waals surface area contributed by atoms with Crippen molar-refractivity contribution >= 4 is 23.2 Å². The van der Waals surface area contributed by atoms with E-state index in [4.69, 9.17) is 37.4 Å². The summed E-state index contributed by atoms with van der Waals surface area (Å²) in [5.41, 5.74) is 0.960. The Morgan fingerprint density at radius 2 is 1.82 bits per heavy atom. The summed E-state index contributed by atoms with van der Waals surface area (Å²) >= 11 is 11.1. The number of hydrogen-bond acceptors (Lipinski definition) is 3. The van der Waals surface area contributed by atoms with Crippen molar-refractivity contribution in [3.63, 3.8) is 0 Å². The zero-order valence-corrected chi connectivity index (χ0v) is 13.8. The largest absolute Gasteiger partial charge is 0.497 e. The molecular formula is C17H16Cl2O3. The average molecular weight is 339 g/mol. The molecule has 2 aromatic rings. The monoisotopic (exact) mass is 338 g/mol. The molecule has 0 bridgehead atoms. The predicted octanol–water partition coefficient (Wildman–Crippen LogP) is 5.49. The molecule has 2 rings (SSSR count). The standard InChI is InChI=1S/C17H16Cl2O3/c1-12-10-14(21-9-8-17(18)19)6-7-16(12)22-15-5-3-4-13(11-15)20-2/h3-8,10-11H,9H2,1-2H3. The third-order valence-electron chi connectivity index (χ3n) is 2.90. The summed E-state index contributed by atoms with van der Waals surface area (Å²) in [6.45, 7) is 2.27. The lowest BCUT2D eigenvalue weighted by atomic mass is 10.2. The molecule has 0 unspecified atom stereocenters. The summed E-state index contributed by atoms with van der Waals surface area (Å²) in [7, 11) is 1.62. The van der Waals surface area contributed by atoms with E-state index in [-0.39, 0.29) is 4.49 Å². The third-order valence-corrected chi connectivity index (χ3v) is 3.21. The first kappa shape index (κ1) is 16.5. The highest BCUT2D eigenvalue weighted by atomic mass is 35.5. The smallest absolute Gasteiger partial charge is 0.131 e. The minimum absolute atomic E-state index is 0.190. The summed E-state index contributed by atoms with van der Waals surface area (Å²) in [6.07, 6.45) is 1.58. The molecule has 2 aromatic carbocycles. The van der Waals surface area contributed by atoms with Gasteiger partial charge in [-0.2, -0.15) is 0 Å². The molecule has 0 aliphatic heterocycles. The topological polar surface area (TPSA) is 27.7 Å². The third kappa shape index (κ3) is 4.86. The van der Waals surface area contributed by atoms with E-state index in [0.717, 1.165) is 22.8 Å². The van der Waals surface area contributed by atoms with E-state index in [0.29, 0.717) is 12.4 Å². The van der Waals surface area contributed by atoms with Gasteiger partial charge < -0.3 is 14.2 Å². The Hall–Kier alpha value is -1.84. The molecule has 0 radical (unpaired) electrons. The van der Waals surface area contributed by atoms with Crippen molar-refractivity contribution < 1.29 is 14.2 Å². The van der Waals surface area contributed by atoms with Gasteiger partial charge in [0.1, 0.15) is 34.1 Å². The first-order valence-corrected chi connectivity index (χ1v) is 7.40. The number of benzene rings is 2. The van der Waals surface area contributed by atoms with Crippen LogP contribution in [-0.4, -0.2) is 13.7 Å². The van der Waals surface area contributed by atoms with Gasteiger partial charge in [-0.1, -0.05) is 29.3 Å². The lowest BCUT2D eigenvalue weighted by molar-refractivity contribution is 0.361. The van der Waals surface area contributed by atoms with E-state index in [1.54, 1.807) is 13.2 Å². The van der Waals surface area contributed by atoms with Crippen LogP contribution in [0.5, 0.6) is 23.0 Å². The van der Waals surface area contributed by atoms with Crippen molar-refractivity contribution in [1.82, 2.24) is 0 Å². The van der Waals surface area contributed by atoms with Crippen molar-refractivity contribution in [3.8, 4) is 23.0 Å². The second-order valence-corrected chi connectivity index (χ2v) is 5.52. The molecule has 0 aromatic heterocycles. The van der Waals surface area contributed by atoms with Gasteiger partial charge in [0.15, 0.2) is 0 Å². The zero-order valence-electron chi connectivity index (χ0n) is 12.3. The summed E-state index contributed by atoms with van der Waals surface area (Å²) < 4.78 is 16.7. The van der Waals surface area contributed by atoms with Crippen LogP contribution in [0, 0.1) is 6.92 Å². The maximum Gasteiger partial charge on any atom is 0.131 e. The van der Waals surface area contributed by atoms with Crippen LogP contribution in [0.3, 0.4) is 0 Å². The fourth-order valence-corrected chi connectivity index (χ4v) is 1.94. The molecule has 0 spiro atoms. The van der Waals surface area contributed by atoms with Gasteiger partial charge in [0.05, 0.1) is 7.11 Å². The van der Waals surface area contributed by atoms with Crippen LogP contribution in [0.15, 0.2) is 53.0 Å². The molecule has 3 nitrogen and oxygen atoms in total. The molecule has 0 saturated carbocycles. The molecule has 22 heavy (non-hydrogen) atoms. The number of hydrogen-bond donors (Lipinski definition) is 0. The van der Waals surface area contributed by atoms with E-state index in [1.165, 1.54) is 0 Å². The zero-order chi connectivity index (χ0) is 15.9. The molecule has 0 aliphatic carbocycles. The second-order valence-electron chi connectivity index (χ2n) is 4.51. The molecule has 5 heteroatoms. The maximum absolute atomic E-state index is 5.86. The number of aryl methyl sites for hydroxylation is 1. The Labute approximate surface area is 140 Å². The van der Waals surface area contributed by atoms with Crippen LogP contribution in [0.1, 0.15) is 5.56 Å². The molecule has 0 fully saturated rings. The highest BCUT2D eigenvalue weighted by Gasteiger charge is 2.04. The van der Waals surface area contributed by atoms with Gasteiger partial charge in [0.2, 0.25) is 0 Å². The molecular weight excluding hydrogens is 323 g/mol. The molecule has 0 amide bonds. The molecule has 0 N–H and O–H groups in total. The fraction of sp³-hybridized carbons (Fsp3) is 0.176. The lowest BCUT2D eigenvalue weighted by Gasteiger charge is -2.11. The van der Waals surface area contributed by atoms with Gasteiger partial charge in [0, 0.05) is 6.07 Å². The van der Waals surface area contributed by atoms with E-state index in [9.17, 15) is 0 Å². The predicted molar refractivity (Wildman–Crippen MR) is 89.5 cm³/mol. The minimum Gasteiger partial charge on any atom is -0.497 e. The van der Waals surface area contributed by atoms with Crippen molar-refractivity contribution in [2.75, 3.05) is 13.7 Å². The van der Waals surface area contributed by atoms with E-state index < -0.39 is 0 Å². The summed E-state index contributed by atoms with van der Waals surface area (Å²) in [6, 6.07) is 13.0. The van der Waals surface area contributed by atoms with E-state index >= 15 is 0 Å². The van der Waals surface area contributed by atoms with Gasteiger partial charge in [0.25, 0.3) is 0 Å². The number of rotatable bonds is 6. The quantitative estimate of drug-likeness (QED) is 0.696. The Morgan fingerprint density at radius 1 is 1.05 bits per heavy atom. The van der Waals surface area contributed by atoms with Crippen LogP contribution in [0.2, 0.25) is 0 Å². The van der Waals surface area contributed by atoms with Crippen molar-refractivity contribution in [1.29, 1.82) is 0 Å². The second kappa shape index (κ2) is 7.97. The van der Waals surface area contributed by atoms with Gasteiger partial charge >= 0.3 is 0 Å². The summed E-state index contributed by atoms with van der Waals surface area (Å²) in [5, 5.41) is 0. The van der Waals surface area contributed by atoms with Crippen molar-refractivity contribution in [3.05, 3.63) is 58.6 Å². The summed E-state index contributed by atoms with van der Waals surface area (Å²) in [4.78, 5) is 0. The van der Waals surface area contributed by atoms with Crippen molar-refractivity contribution in [2.24, 2.45) is 0 Å². The number of methoxy groups -OCH3 is 1. The fourth-order valence-electron chi connectivity index (χ4n) is 1.82. The van der Waals surface area contributed by atoms with E-state index in [2.05, 4.69) is 0 Å². The summed E-state index contributed by atoms with van der Waals surface area (Å²) in [5.74, 6) is 2.95. The molecule has 0 atom stereocenters. The highest BCUT2D eigenvalue weighted by Crippen LogP contribution is 2.30. The Kier molecular flexibility index (Phi) is 5.99. The van der Waals surface area contributed by atoms with Crippen LogP contribution in [0.4, 0.5) is 0 Å². The van der Waals surface area contributed by atoms with Crippen LogP contribution in [-0.2, 0) is 0 Å². The Bertz CT molecular complexity index is 665. The maximum atomic E-state index is 5.86. The molecule has 116 valence electrons. The van der Waals surface area contributed by atoms with E-state index in [1.807, 2.05) is 49.4 Å². The normalized spacial score (nSPS) is 10.0. The first-order valence-electron chi connectivity index (χ1n) is 6.65. The van der Waals surface area contributed by atoms with Crippen LogP contribution in [0.25, 0.3) is 0 Å². The molecule has 0 saturated heterocycles. The van der Waals surface area contributed by atoms with Gasteiger partial charge in [-0.05, 0) is 48.9 Å². The van der Waals surface area contributed by atoms with Gasteiger partial charge in [-0.25, -0.2) is 0 Å². The SMILES string of the molecule is COc1cccc(Oc2ccc(OCC=C(Cl)Cl)cc2C)c1. The van der Waals surface area contributed by atoms with Crippen LogP contribution >= 0.6 is 23.2 Å². The first-order chi connectivity index (χ1) is 10.6. The average Bonchev–Trinajstić information content (AvgIpc) is 2.50. The molecule has 0 heterocycles. The van der Waals surface area contributed by atoms with Gasteiger partial charge in [-0.3, -0.25) is 0 Å². The van der Waals surface area contributed by atoms with Crippen LogP contribution < -0.4 is 14.2 Å². The van der Waals surface area contributed by atoms with Gasteiger partial charge in [-0.15, -0.1) is 0 Å².